The summed E-state index contributed by atoms with van der Waals surface area (Å²) in [7, 11) is 3.21. The van der Waals surface area contributed by atoms with Crippen LogP contribution in [0.1, 0.15) is 0 Å². The quantitative estimate of drug-likeness (QED) is 0.791. The van der Waals surface area contributed by atoms with Gasteiger partial charge in [0.25, 0.3) is 0 Å². The molecular formula is C12H13NO3. The third-order valence-corrected chi connectivity index (χ3v) is 2.11. The van der Waals surface area contributed by atoms with E-state index in [4.69, 9.17) is 14.3 Å². The highest BCUT2D eigenvalue weighted by atomic mass is 16.7. The van der Waals surface area contributed by atoms with E-state index in [9.17, 15) is 0 Å². The smallest absolute Gasteiger partial charge is 0.163 e. The predicted molar refractivity (Wildman–Crippen MR) is 60.0 cm³/mol. The number of hydrogen-bond donors (Lipinski definition) is 0. The van der Waals surface area contributed by atoms with Crippen molar-refractivity contribution in [1.29, 1.82) is 0 Å². The van der Waals surface area contributed by atoms with Crippen LogP contribution in [0, 0.1) is 0 Å². The second-order valence-corrected chi connectivity index (χ2v) is 3.18. The Kier molecular flexibility index (Phi) is 3.00. The lowest BCUT2D eigenvalue weighted by Crippen LogP contribution is -2.01. The van der Waals surface area contributed by atoms with Crippen LogP contribution in [-0.2, 0) is 0 Å². The highest BCUT2D eigenvalue weighted by Gasteiger charge is 2.03. The Bertz CT molecular complexity index is 429. The monoisotopic (exact) mass is 219 g/mol. The maximum atomic E-state index is 5.56. The van der Waals surface area contributed by atoms with Crippen molar-refractivity contribution in [2.24, 2.45) is 0 Å². The van der Waals surface area contributed by atoms with Crippen LogP contribution in [0.25, 0.3) is 0 Å². The van der Waals surface area contributed by atoms with Gasteiger partial charge in [0.05, 0.1) is 14.2 Å². The fraction of sp³-hybridized carbons (Fsp3) is 0.167. The third-order valence-electron chi connectivity index (χ3n) is 2.11. The standard InChI is InChI=1S/C12H13NO3/c1-14-10-7-11(15-2)9-12(8-10)16-13-5-3-4-6-13/h3-9H,1-2H3. The lowest BCUT2D eigenvalue weighted by atomic mass is 10.3. The van der Waals surface area contributed by atoms with Crippen LogP contribution < -0.4 is 14.3 Å². The average Bonchev–Trinajstić information content (AvgIpc) is 2.81. The zero-order valence-electron chi connectivity index (χ0n) is 9.21. The van der Waals surface area contributed by atoms with Crippen molar-refractivity contribution in [3.63, 3.8) is 0 Å². The molecule has 4 heteroatoms. The zero-order valence-corrected chi connectivity index (χ0v) is 9.21. The molecule has 0 unspecified atom stereocenters. The normalized spacial score (nSPS) is 9.88. The van der Waals surface area contributed by atoms with E-state index in [1.165, 1.54) is 0 Å². The Hall–Kier alpha value is -2.10. The maximum Gasteiger partial charge on any atom is 0.163 e. The summed E-state index contributed by atoms with van der Waals surface area (Å²) < 4.78 is 11.9. The van der Waals surface area contributed by atoms with E-state index >= 15 is 0 Å². The second kappa shape index (κ2) is 4.61. The van der Waals surface area contributed by atoms with Gasteiger partial charge >= 0.3 is 0 Å². The lowest BCUT2D eigenvalue weighted by Gasteiger charge is -2.09. The molecule has 4 nitrogen and oxygen atoms in total. The van der Waals surface area contributed by atoms with E-state index in [1.54, 1.807) is 37.1 Å². The van der Waals surface area contributed by atoms with Gasteiger partial charge in [0, 0.05) is 30.6 Å². The first-order chi connectivity index (χ1) is 7.81. The minimum absolute atomic E-state index is 0.660. The molecule has 2 rings (SSSR count). The van der Waals surface area contributed by atoms with Crippen molar-refractivity contribution < 1.29 is 14.3 Å². The molecule has 0 radical (unpaired) electrons. The summed E-state index contributed by atoms with van der Waals surface area (Å²) in [6, 6.07) is 9.16. The number of benzene rings is 1. The number of rotatable bonds is 4. The fourth-order valence-electron chi connectivity index (χ4n) is 1.34. The van der Waals surface area contributed by atoms with E-state index in [2.05, 4.69) is 0 Å². The molecule has 84 valence electrons. The Morgan fingerprint density at radius 1 is 0.812 bits per heavy atom. The minimum Gasteiger partial charge on any atom is -0.496 e. The van der Waals surface area contributed by atoms with Gasteiger partial charge in [-0.25, -0.2) is 0 Å². The Morgan fingerprint density at radius 3 is 1.81 bits per heavy atom. The summed E-state index contributed by atoms with van der Waals surface area (Å²) >= 11 is 0. The molecule has 0 aliphatic carbocycles. The van der Waals surface area contributed by atoms with Gasteiger partial charge in [0.1, 0.15) is 11.5 Å². The van der Waals surface area contributed by atoms with Gasteiger partial charge in [-0.3, -0.25) is 0 Å². The third kappa shape index (κ3) is 2.28. The lowest BCUT2D eigenvalue weighted by molar-refractivity contribution is 0.215. The molecule has 2 aromatic rings. The van der Waals surface area contributed by atoms with Crippen molar-refractivity contribution >= 4 is 0 Å². The maximum absolute atomic E-state index is 5.56. The van der Waals surface area contributed by atoms with Crippen LogP contribution in [0.2, 0.25) is 0 Å². The minimum atomic E-state index is 0.660. The van der Waals surface area contributed by atoms with Crippen molar-refractivity contribution in [2.75, 3.05) is 14.2 Å². The zero-order chi connectivity index (χ0) is 11.4. The van der Waals surface area contributed by atoms with Gasteiger partial charge in [0.2, 0.25) is 0 Å². The molecule has 0 saturated carbocycles. The fourth-order valence-corrected chi connectivity index (χ4v) is 1.34. The number of methoxy groups -OCH3 is 2. The Labute approximate surface area is 93.9 Å². The average molecular weight is 219 g/mol. The van der Waals surface area contributed by atoms with Gasteiger partial charge in [-0.1, -0.05) is 0 Å². The highest BCUT2D eigenvalue weighted by Crippen LogP contribution is 2.27. The molecule has 0 atom stereocenters. The molecule has 16 heavy (non-hydrogen) atoms. The molecule has 0 fully saturated rings. The topological polar surface area (TPSA) is 32.6 Å². The molecule has 0 bridgehead atoms. The molecule has 0 N–H and O–H groups in total. The molecule has 0 saturated heterocycles. The largest absolute Gasteiger partial charge is 0.496 e. The van der Waals surface area contributed by atoms with Crippen molar-refractivity contribution in [2.45, 2.75) is 0 Å². The van der Waals surface area contributed by atoms with Gasteiger partial charge in [-0.15, -0.1) is 0 Å². The molecule has 0 aliphatic heterocycles. The van der Waals surface area contributed by atoms with E-state index in [0.717, 1.165) is 0 Å². The summed E-state index contributed by atoms with van der Waals surface area (Å²) in [4.78, 5) is 5.56. The molecular weight excluding hydrogens is 206 g/mol. The summed E-state index contributed by atoms with van der Waals surface area (Å²) in [5, 5.41) is 0. The number of nitrogens with zero attached hydrogens (tertiary/aromatic N) is 1. The molecule has 0 aliphatic rings. The SMILES string of the molecule is COc1cc(OC)cc(On2cccc2)c1. The van der Waals surface area contributed by atoms with Gasteiger partial charge in [0.15, 0.2) is 5.75 Å². The predicted octanol–water partition coefficient (Wildman–Crippen LogP) is 2.35. The highest BCUT2D eigenvalue weighted by molar-refractivity contribution is 5.41. The van der Waals surface area contributed by atoms with Crippen molar-refractivity contribution in [1.82, 2.24) is 4.73 Å². The summed E-state index contributed by atoms with van der Waals surface area (Å²) in [6.45, 7) is 0. The number of ether oxygens (including phenoxy) is 2. The Balaban J connectivity index is 2.26. The molecule has 0 spiro atoms. The first-order valence-corrected chi connectivity index (χ1v) is 4.86. The molecule has 0 amide bonds. The van der Waals surface area contributed by atoms with Crippen LogP contribution in [0.15, 0.2) is 42.7 Å². The van der Waals surface area contributed by atoms with Crippen LogP contribution >= 0.6 is 0 Å². The van der Waals surface area contributed by atoms with Gasteiger partial charge in [-0.05, 0) is 12.1 Å². The first kappa shape index (κ1) is 10.4. The van der Waals surface area contributed by atoms with Gasteiger partial charge < -0.3 is 14.3 Å². The molecule has 1 heterocycles. The van der Waals surface area contributed by atoms with Crippen LogP contribution in [-0.4, -0.2) is 19.0 Å². The molecule has 1 aromatic heterocycles. The summed E-state index contributed by atoms with van der Waals surface area (Å²) in [5.74, 6) is 2.05. The van der Waals surface area contributed by atoms with E-state index in [1.807, 2.05) is 24.5 Å². The summed E-state index contributed by atoms with van der Waals surface area (Å²) in [6.07, 6.45) is 3.62. The van der Waals surface area contributed by atoms with Gasteiger partial charge in [-0.2, -0.15) is 4.73 Å². The van der Waals surface area contributed by atoms with E-state index in [-0.39, 0.29) is 0 Å². The Morgan fingerprint density at radius 2 is 1.31 bits per heavy atom. The summed E-state index contributed by atoms with van der Waals surface area (Å²) in [5.41, 5.74) is 0. The second-order valence-electron chi connectivity index (χ2n) is 3.18. The van der Waals surface area contributed by atoms with Crippen molar-refractivity contribution in [3.05, 3.63) is 42.7 Å². The van der Waals surface area contributed by atoms with E-state index < -0.39 is 0 Å². The molecule has 1 aromatic carbocycles. The first-order valence-electron chi connectivity index (χ1n) is 4.86. The number of hydrogen-bond acceptors (Lipinski definition) is 3. The van der Waals surface area contributed by atoms with Crippen LogP contribution in [0.3, 0.4) is 0 Å². The van der Waals surface area contributed by atoms with Crippen LogP contribution in [0.5, 0.6) is 17.2 Å². The number of aromatic nitrogens is 1. The van der Waals surface area contributed by atoms with Crippen molar-refractivity contribution in [3.8, 4) is 17.2 Å². The van der Waals surface area contributed by atoms with E-state index in [0.29, 0.717) is 17.2 Å². The van der Waals surface area contributed by atoms with Crippen LogP contribution in [0.4, 0.5) is 0 Å².